The summed E-state index contributed by atoms with van der Waals surface area (Å²) in [6.07, 6.45) is 0. The molecule has 0 radical (unpaired) electrons. The number of rotatable bonds is 3. The molecule has 4 heteroatoms. The van der Waals surface area contributed by atoms with E-state index in [-0.39, 0.29) is 12.6 Å². The molecule has 1 aliphatic rings. The summed E-state index contributed by atoms with van der Waals surface area (Å²) in [4.78, 5) is 2.19. The summed E-state index contributed by atoms with van der Waals surface area (Å²) in [5, 5.41) is 9.07. The number of aliphatic hydroxyl groups is 1. The summed E-state index contributed by atoms with van der Waals surface area (Å²) in [5.41, 5.74) is 2.70. The molecule has 0 bridgehead atoms. The van der Waals surface area contributed by atoms with Crippen LogP contribution >= 0.6 is 11.6 Å². The number of halogens is 1. The lowest BCUT2D eigenvalue weighted by molar-refractivity contribution is -0.0230. The third-order valence-electron chi connectivity index (χ3n) is 2.20. The maximum Gasteiger partial charge on any atom is 0.0644 e. The zero-order chi connectivity index (χ0) is 9.68. The fourth-order valence-corrected chi connectivity index (χ4v) is 1.49. The van der Waals surface area contributed by atoms with Crippen molar-refractivity contribution in [3.05, 3.63) is 11.1 Å². The van der Waals surface area contributed by atoms with Gasteiger partial charge in [-0.1, -0.05) is 11.6 Å². The number of aliphatic hydroxyl groups excluding tert-OH is 1. The summed E-state index contributed by atoms with van der Waals surface area (Å²) >= 11 is 5.58. The van der Waals surface area contributed by atoms with E-state index in [1.165, 1.54) is 0 Å². The lowest BCUT2D eigenvalue weighted by atomic mass is 10.2. The predicted octanol–water partition coefficient (Wildman–Crippen LogP) is 0.822. The standard InChI is InChI=1S/C9H16ClNO2/c1-8(4-10)5-11-2-3-13-7-9(11)6-12/h4,9,12H,2-3,5-7H2,1H3. The third kappa shape index (κ3) is 3.27. The minimum Gasteiger partial charge on any atom is -0.395 e. The molecular formula is C9H16ClNO2. The molecule has 1 heterocycles. The first-order chi connectivity index (χ1) is 6.27. The molecule has 76 valence electrons. The van der Waals surface area contributed by atoms with Gasteiger partial charge in [0.05, 0.1) is 25.9 Å². The fourth-order valence-electron chi connectivity index (χ4n) is 1.42. The van der Waals surface area contributed by atoms with Gasteiger partial charge in [-0.2, -0.15) is 0 Å². The van der Waals surface area contributed by atoms with E-state index in [0.29, 0.717) is 6.61 Å². The van der Waals surface area contributed by atoms with Crippen LogP contribution in [0.15, 0.2) is 11.1 Å². The van der Waals surface area contributed by atoms with Gasteiger partial charge in [-0.05, 0) is 12.5 Å². The molecule has 0 amide bonds. The zero-order valence-corrected chi connectivity index (χ0v) is 8.63. The maximum absolute atomic E-state index is 9.07. The first-order valence-corrected chi connectivity index (χ1v) is 4.90. The first kappa shape index (κ1) is 11.0. The average Bonchev–Trinajstić information content (AvgIpc) is 2.18. The van der Waals surface area contributed by atoms with Gasteiger partial charge >= 0.3 is 0 Å². The van der Waals surface area contributed by atoms with Crippen molar-refractivity contribution < 1.29 is 9.84 Å². The molecular weight excluding hydrogens is 190 g/mol. The highest BCUT2D eigenvalue weighted by Crippen LogP contribution is 2.09. The number of hydrogen-bond donors (Lipinski definition) is 1. The highest BCUT2D eigenvalue weighted by Gasteiger charge is 2.21. The van der Waals surface area contributed by atoms with Crippen LogP contribution in [0.3, 0.4) is 0 Å². The zero-order valence-electron chi connectivity index (χ0n) is 7.87. The van der Waals surface area contributed by atoms with Crippen LogP contribution in [0, 0.1) is 0 Å². The van der Waals surface area contributed by atoms with Crippen molar-refractivity contribution in [2.45, 2.75) is 13.0 Å². The summed E-state index contributed by atoms with van der Waals surface area (Å²) in [5.74, 6) is 0. The summed E-state index contributed by atoms with van der Waals surface area (Å²) in [7, 11) is 0. The molecule has 0 aromatic rings. The Kier molecular flexibility index (Phi) is 4.73. The van der Waals surface area contributed by atoms with Crippen LogP contribution in [0.5, 0.6) is 0 Å². The van der Waals surface area contributed by atoms with Gasteiger partial charge in [-0.3, -0.25) is 4.90 Å². The van der Waals surface area contributed by atoms with Gasteiger partial charge in [0.25, 0.3) is 0 Å². The van der Waals surface area contributed by atoms with Gasteiger partial charge in [0.1, 0.15) is 0 Å². The van der Waals surface area contributed by atoms with E-state index >= 15 is 0 Å². The molecule has 3 nitrogen and oxygen atoms in total. The lowest BCUT2D eigenvalue weighted by Crippen LogP contribution is -2.47. The number of nitrogens with zero attached hydrogens (tertiary/aromatic N) is 1. The SMILES string of the molecule is CC(=CCl)CN1CCOCC1CO. The van der Waals surface area contributed by atoms with Crippen molar-refractivity contribution in [1.29, 1.82) is 0 Å². The Balaban J connectivity index is 2.45. The second-order valence-corrected chi connectivity index (χ2v) is 3.56. The molecule has 0 spiro atoms. The second kappa shape index (κ2) is 5.60. The van der Waals surface area contributed by atoms with Crippen molar-refractivity contribution in [2.24, 2.45) is 0 Å². The Morgan fingerprint density at radius 1 is 1.77 bits per heavy atom. The van der Waals surface area contributed by atoms with E-state index in [0.717, 1.165) is 25.3 Å². The Morgan fingerprint density at radius 3 is 3.15 bits per heavy atom. The van der Waals surface area contributed by atoms with Crippen LogP contribution in [0.4, 0.5) is 0 Å². The van der Waals surface area contributed by atoms with E-state index in [2.05, 4.69) is 4.90 Å². The van der Waals surface area contributed by atoms with Crippen LogP contribution in [0.1, 0.15) is 6.92 Å². The minimum absolute atomic E-state index is 0.125. The molecule has 0 aromatic carbocycles. The molecule has 1 rings (SSSR count). The van der Waals surface area contributed by atoms with Crippen LogP contribution in [-0.4, -0.2) is 49.0 Å². The second-order valence-electron chi connectivity index (χ2n) is 3.34. The normalized spacial score (nSPS) is 26.4. The Bertz CT molecular complexity index is 184. The van der Waals surface area contributed by atoms with E-state index in [1.807, 2.05) is 6.92 Å². The molecule has 1 saturated heterocycles. The van der Waals surface area contributed by atoms with Gasteiger partial charge in [-0.15, -0.1) is 0 Å². The molecule has 0 aromatic heterocycles. The molecule has 0 saturated carbocycles. The highest BCUT2D eigenvalue weighted by molar-refractivity contribution is 6.25. The molecule has 1 fully saturated rings. The molecule has 0 aliphatic carbocycles. The van der Waals surface area contributed by atoms with E-state index in [1.54, 1.807) is 5.54 Å². The molecule has 1 atom stereocenters. The van der Waals surface area contributed by atoms with E-state index < -0.39 is 0 Å². The van der Waals surface area contributed by atoms with Crippen LogP contribution in [-0.2, 0) is 4.74 Å². The van der Waals surface area contributed by atoms with Crippen molar-refractivity contribution in [3.63, 3.8) is 0 Å². The molecule has 1 aliphatic heterocycles. The van der Waals surface area contributed by atoms with Gasteiger partial charge in [-0.25, -0.2) is 0 Å². The fraction of sp³-hybridized carbons (Fsp3) is 0.778. The van der Waals surface area contributed by atoms with Crippen LogP contribution in [0.25, 0.3) is 0 Å². The Labute approximate surface area is 83.9 Å². The van der Waals surface area contributed by atoms with Crippen molar-refractivity contribution in [2.75, 3.05) is 32.9 Å². The summed E-state index contributed by atoms with van der Waals surface area (Å²) in [6, 6.07) is 0.125. The largest absolute Gasteiger partial charge is 0.395 e. The quantitative estimate of drug-likeness (QED) is 0.741. The van der Waals surface area contributed by atoms with Crippen molar-refractivity contribution in [3.8, 4) is 0 Å². The Morgan fingerprint density at radius 2 is 2.54 bits per heavy atom. The van der Waals surface area contributed by atoms with Crippen LogP contribution in [0.2, 0.25) is 0 Å². The number of morpholine rings is 1. The van der Waals surface area contributed by atoms with Crippen molar-refractivity contribution >= 4 is 11.6 Å². The molecule has 1 unspecified atom stereocenters. The van der Waals surface area contributed by atoms with E-state index in [9.17, 15) is 0 Å². The monoisotopic (exact) mass is 205 g/mol. The van der Waals surface area contributed by atoms with E-state index in [4.69, 9.17) is 21.4 Å². The molecule has 13 heavy (non-hydrogen) atoms. The maximum atomic E-state index is 9.07. The minimum atomic E-state index is 0.125. The number of ether oxygens (including phenoxy) is 1. The highest BCUT2D eigenvalue weighted by atomic mass is 35.5. The average molecular weight is 206 g/mol. The third-order valence-corrected chi connectivity index (χ3v) is 2.57. The molecule has 1 N–H and O–H groups in total. The van der Waals surface area contributed by atoms with Crippen LogP contribution < -0.4 is 0 Å². The predicted molar refractivity (Wildman–Crippen MR) is 52.9 cm³/mol. The van der Waals surface area contributed by atoms with Gasteiger partial charge in [0, 0.05) is 18.6 Å². The smallest absolute Gasteiger partial charge is 0.0644 e. The Hall–Kier alpha value is -0.0900. The number of hydrogen-bond acceptors (Lipinski definition) is 3. The first-order valence-electron chi connectivity index (χ1n) is 4.46. The summed E-state index contributed by atoms with van der Waals surface area (Å²) < 4.78 is 5.26. The van der Waals surface area contributed by atoms with Crippen molar-refractivity contribution in [1.82, 2.24) is 4.90 Å². The lowest BCUT2D eigenvalue weighted by Gasteiger charge is -2.34. The van der Waals surface area contributed by atoms with Gasteiger partial charge in [0.15, 0.2) is 0 Å². The topological polar surface area (TPSA) is 32.7 Å². The van der Waals surface area contributed by atoms with Gasteiger partial charge < -0.3 is 9.84 Å². The summed E-state index contributed by atoms with van der Waals surface area (Å²) in [6.45, 7) is 5.18. The van der Waals surface area contributed by atoms with Gasteiger partial charge in [0.2, 0.25) is 0 Å².